The van der Waals surface area contributed by atoms with Crippen LogP contribution in [0.25, 0.3) is 0 Å². The van der Waals surface area contributed by atoms with Crippen LogP contribution < -0.4 is 0 Å². The number of rotatable bonds is 1. The van der Waals surface area contributed by atoms with Crippen LogP contribution in [0.3, 0.4) is 0 Å². The Labute approximate surface area is 93.2 Å². The molecule has 1 rings (SSSR count). The Morgan fingerprint density at radius 1 is 1.31 bits per heavy atom. The summed E-state index contributed by atoms with van der Waals surface area (Å²) in [6.07, 6.45) is 0. The van der Waals surface area contributed by atoms with Crippen molar-refractivity contribution in [1.29, 1.82) is 0 Å². The van der Waals surface area contributed by atoms with Crippen LogP contribution in [0.15, 0.2) is 15.0 Å². The fourth-order valence-electron chi connectivity index (χ4n) is 1.000. The van der Waals surface area contributed by atoms with Crippen molar-refractivity contribution < 1.29 is 9.90 Å². The highest BCUT2D eigenvalue weighted by molar-refractivity contribution is 9.11. The van der Waals surface area contributed by atoms with Crippen molar-refractivity contribution in [2.24, 2.45) is 0 Å². The second-order valence-electron chi connectivity index (χ2n) is 2.78. The van der Waals surface area contributed by atoms with E-state index in [0.717, 1.165) is 15.6 Å². The van der Waals surface area contributed by atoms with Crippen LogP contribution in [0.5, 0.6) is 0 Å². The molecule has 0 saturated heterocycles. The van der Waals surface area contributed by atoms with Gasteiger partial charge in [0.25, 0.3) is 0 Å². The minimum atomic E-state index is -0.921. The first-order chi connectivity index (χ1) is 5.95. The SMILES string of the molecule is Cc1c(Br)cc(C(=O)O)c(Br)c1C. The molecule has 13 heavy (non-hydrogen) atoms. The molecule has 0 radical (unpaired) electrons. The number of halogens is 2. The van der Waals surface area contributed by atoms with Gasteiger partial charge < -0.3 is 5.11 Å². The van der Waals surface area contributed by atoms with Gasteiger partial charge in [0.05, 0.1) is 5.56 Å². The molecule has 1 N–H and O–H groups in total. The first-order valence-corrected chi connectivity index (χ1v) is 5.22. The lowest BCUT2D eigenvalue weighted by atomic mass is 10.1. The predicted molar refractivity (Wildman–Crippen MR) is 58.3 cm³/mol. The average molecular weight is 308 g/mol. The maximum Gasteiger partial charge on any atom is 0.336 e. The lowest BCUT2D eigenvalue weighted by Gasteiger charge is -2.08. The molecule has 0 heterocycles. The van der Waals surface area contributed by atoms with E-state index in [1.165, 1.54) is 0 Å². The Kier molecular flexibility index (Phi) is 3.14. The molecule has 2 nitrogen and oxygen atoms in total. The fraction of sp³-hybridized carbons (Fsp3) is 0.222. The highest BCUT2D eigenvalue weighted by Crippen LogP contribution is 2.30. The fourth-order valence-corrected chi connectivity index (χ4v) is 2.11. The number of carboxylic acid groups (broad SMARTS) is 1. The maximum absolute atomic E-state index is 10.8. The molecule has 70 valence electrons. The molecular formula is C9H8Br2O2. The van der Waals surface area contributed by atoms with Gasteiger partial charge in [0.15, 0.2) is 0 Å². The van der Waals surface area contributed by atoms with Gasteiger partial charge in [0.2, 0.25) is 0 Å². The molecule has 4 heteroatoms. The van der Waals surface area contributed by atoms with Gasteiger partial charge in [-0.15, -0.1) is 0 Å². The van der Waals surface area contributed by atoms with Crippen molar-refractivity contribution in [2.75, 3.05) is 0 Å². The first-order valence-electron chi connectivity index (χ1n) is 3.63. The monoisotopic (exact) mass is 306 g/mol. The maximum atomic E-state index is 10.8. The minimum absolute atomic E-state index is 0.287. The molecule has 0 aromatic heterocycles. The Balaban J connectivity index is 3.50. The molecule has 1 aromatic rings. The summed E-state index contributed by atoms with van der Waals surface area (Å²) < 4.78 is 1.48. The summed E-state index contributed by atoms with van der Waals surface area (Å²) in [6.45, 7) is 3.83. The van der Waals surface area contributed by atoms with Crippen LogP contribution >= 0.6 is 31.9 Å². The minimum Gasteiger partial charge on any atom is -0.478 e. The van der Waals surface area contributed by atoms with Crippen molar-refractivity contribution in [3.05, 3.63) is 31.7 Å². The van der Waals surface area contributed by atoms with Gasteiger partial charge in [0.1, 0.15) is 0 Å². The Bertz CT molecular complexity index is 372. The van der Waals surface area contributed by atoms with Crippen molar-refractivity contribution >= 4 is 37.8 Å². The number of hydrogen-bond acceptors (Lipinski definition) is 1. The summed E-state index contributed by atoms with van der Waals surface area (Å²) in [5, 5.41) is 8.85. The Morgan fingerprint density at radius 3 is 2.31 bits per heavy atom. The van der Waals surface area contributed by atoms with Crippen LogP contribution in [0.2, 0.25) is 0 Å². The van der Waals surface area contributed by atoms with Gasteiger partial charge in [-0.3, -0.25) is 0 Å². The number of benzene rings is 1. The second-order valence-corrected chi connectivity index (χ2v) is 4.42. The molecule has 0 aliphatic heterocycles. The predicted octanol–water partition coefficient (Wildman–Crippen LogP) is 3.53. The summed E-state index contributed by atoms with van der Waals surface area (Å²) in [5.41, 5.74) is 2.29. The van der Waals surface area contributed by atoms with Crippen molar-refractivity contribution in [3.63, 3.8) is 0 Å². The van der Waals surface area contributed by atoms with E-state index in [2.05, 4.69) is 31.9 Å². The second kappa shape index (κ2) is 3.80. The molecule has 0 aliphatic rings. The third kappa shape index (κ3) is 1.94. The highest BCUT2D eigenvalue weighted by atomic mass is 79.9. The normalized spacial score (nSPS) is 10.2. The highest BCUT2D eigenvalue weighted by Gasteiger charge is 2.13. The molecule has 0 amide bonds. The Morgan fingerprint density at radius 2 is 1.85 bits per heavy atom. The lowest BCUT2D eigenvalue weighted by molar-refractivity contribution is 0.0695. The zero-order valence-corrected chi connectivity index (χ0v) is 10.4. The van der Waals surface area contributed by atoms with Crippen LogP contribution in [-0.2, 0) is 0 Å². The van der Waals surface area contributed by atoms with Crippen LogP contribution in [0, 0.1) is 13.8 Å². The van der Waals surface area contributed by atoms with Crippen molar-refractivity contribution in [3.8, 4) is 0 Å². The van der Waals surface area contributed by atoms with E-state index >= 15 is 0 Å². The number of carbonyl (C=O) groups is 1. The van der Waals surface area contributed by atoms with E-state index in [1.807, 2.05) is 13.8 Å². The van der Waals surface area contributed by atoms with Crippen molar-refractivity contribution in [2.45, 2.75) is 13.8 Å². The van der Waals surface area contributed by atoms with Gasteiger partial charge >= 0.3 is 5.97 Å². The van der Waals surface area contributed by atoms with Crippen LogP contribution in [0.4, 0.5) is 0 Å². The van der Waals surface area contributed by atoms with E-state index in [1.54, 1.807) is 6.07 Å². The summed E-state index contributed by atoms with van der Waals surface area (Å²) in [4.78, 5) is 10.8. The quantitative estimate of drug-likeness (QED) is 0.862. The molecule has 0 unspecified atom stereocenters. The molecule has 0 saturated carbocycles. The standard InChI is InChI=1S/C9H8Br2O2/c1-4-5(2)8(11)6(9(12)13)3-7(4)10/h3H,1-2H3,(H,12,13). The van der Waals surface area contributed by atoms with E-state index in [9.17, 15) is 4.79 Å². The smallest absolute Gasteiger partial charge is 0.336 e. The molecule has 0 fully saturated rings. The zero-order chi connectivity index (χ0) is 10.2. The zero-order valence-electron chi connectivity index (χ0n) is 7.19. The van der Waals surface area contributed by atoms with Gasteiger partial charge in [-0.2, -0.15) is 0 Å². The van der Waals surface area contributed by atoms with E-state index in [4.69, 9.17) is 5.11 Å². The summed E-state index contributed by atoms with van der Waals surface area (Å²) in [6, 6.07) is 1.61. The first kappa shape index (κ1) is 10.7. The summed E-state index contributed by atoms with van der Waals surface area (Å²) in [7, 11) is 0. The van der Waals surface area contributed by atoms with Gasteiger partial charge in [-0.1, -0.05) is 15.9 Å². The van der Waals surface area contributed by atoms with Gasteiger partial charge in [0, 0.05) is 8.95 Å². The number of hydrogen-bond donors (Lipinski definition) is 1. The third-order valence-corrected chi connectivity index (χ3v) is 3.83. The molecule has 0 bridgehead atoms. The largest absolute Gasteiger partial charge is 0.478 e. The van der Waals surface area contributed by atoms with E-state index < -0.39 is 5.97 Å². The molecular weight excluding hydrogens is 300 g/mol. The Hall–Kier alpha value is -0.350. The number of aromatic carboxylic acids is 1. The van der Waals surface area contributed by atoms with Crippen LogP contribution in [0.1, 0.15) is 21.5 Å². The van der Waals surface area contributed by atoms with Gasteiger partial charge in [-0.05, 0) is 47.0 Å². The topological polar surface area (TPSA) is 37.3 Å². The average Bonchev–Trinajstić information content (AvgIpc) is 2.07. The third-order valence-electron chi connectivity index (χ3n) is 1.99. The molecule has 0 atom stereocenters. The number of carboxylic acids is 1. The summed E-state index contributed by atoms with van der Waals surface area (Å²) in [5.74, 6) is -0.921. The molecule has 0 spiro atoms. The van der Waals surface area contributed by atoms with Crippen LogP contribution in [-0.4, -0.2) is 11.1 Å². The van der Waals surface area contributed by atoms with E-state index in [-0.39, 0.29) is 5.56 Å². The summed E-state index contributed by atoms with van der Waals surface area (Å²) >= 11 is 6.58. The van der Waals surface area contributed by atoms with Gasteiger partial charge in [-0.25, -0.2) is 4.79 Å². The molecule has 0 aliphatic carbocycles. The lowest BCUT2D eigenvalue weighted by Crippen LogP contribution is -2.00. The van der Waals surface area contributed by atoms with E-state index in [0.29, 0.717) is 4.47 Å². The van der Waals surface area contributed by atoms with Crippen molar-refractivity contribution in [1.82, 2.24) is 0 Å². The molecule has 1 aromatic carbocycles.